The van der Waals surface area contributed by atoms with Gasteiger partial charge in [-0.05, 0) is 18.4 Å². The fourth-order valence-corrected chi connectivity index (χ4v) is 3.31. The van der Waals surface area contributed by atoms with Gasteiger partial charge in [-0.3, -0.25) is 4.90 Å². The van der Waals surface area contributed by atoms with Crippen LogP contribution in [0.25, 0.3) is 0 Å². The minimum absolute atomic E-state index is 0.187. The molecule has 21 heavy (non-hydrogen) atoms. The molecule has 0 amide bonds. The fraction of sp³-hybridized carbons (Fsp3) is 0.562. The third-order valence-corrected chi connectivity index (χ3v) is 4.75. The number of ether oxygens (including phenoxy) is 1. The molecule has 0 saturated carbocycles. The predicted octanol–water partition coefficient (Wildman–Crippen LogP) is 3.74. The quantitative estimate of drug-likeness (QED) is 0.862. The van der Waals surface area contributed by atoms with Crippen LogP contribution < -0.4 is 0 Å². The molecule has 1 unspecified atom stereocenters. The first-order valence-electron chi connectivity index (χ1n) is 7.47. The summed E-state index contributed by atoms with van der Waals surface area (Å²) in [5.74, 6) is 2.16. The van der Waals surface area contributed by atoms with E-state index in [2.05, 4.69) is 41.2 Å². The summed E-state index contributed by atoms with van der Waals surface area (Å²) in [5.41, 5.74) is 1.01. The minimum Gasteiger partial charge on any atom is -0.444 e. The van der Waals surface area contributed by atoms with Crippen LogP contribution in [0.5, 0.6) is 0 Å². The van der Waals surface area contributed by atoms with E-state index in [0.717, 1.165) is 43.6 Å². The van der Waals surface area contributed by atoms with E-state index in [1.165, 1.54) is 4.88 Å². The number of nitrogens with zero attached hydrogens (tertiary/aromatic N) is 2. The van der Waals surface area contributed by atoms with Crippen LogP contribution in [-0.2, 0) is 11.3 Å². The van der Waals surface area contributed by atoms with Crippen LogP contribution in [0, 0.1) is 6.92 Å². The number of aromatic nitrogens is 1. The van der Waals surface area contributed by atoms with E-state index in [-0.39, 0.29) is 6.10 Å². The van der Waals surface area contributed by atoms with Crippen LogP contribution in [0.2, 0.25) is 0 Å². The average molecular weight is 306 g/mol. The summed E-state index contributed by atoms with van der Waals surface area (Å²) in [4.78, 5) is 8.22. The molecule has 1 aliphatic rings. The Balaban J connectivity index is 1.67. The largest absolute Gasteiger partial charge is 0.444 e. The minimum atomic E-state index is 0.187. The van der Waals surface area contributed by atoms with Crippen LogP contribution in [0.3, 0.4) is 0 Å². The van der Waals surface area contributed by atoms with Crippen molar-refractivity contribution in [3.05, 3.63) is 39.7 Å². The Kier molecular flexibility index (Phi) is 4.42. The first kappa shape index (κ1) is 14.8. The molecule has 0 bridgehead atoms. The van der Waals surface area contributed by atoms with Crippen LogP contribution in [0.1, 0.15) is 48.1 Å². The summed E-state index contributed by atoms with van der Waals surface area (Å²) in [6.07, 6.45) is 0.187. The summed E-state index contributed by atoms with van der Waals surface area (Å²) in [6.45, 7) is 9.69. The van der Waals surface area contributed by atoms with Crippen molar-refractivity contribution < 1.29 is 9.15 Å². The van der Waals surface area contributed by atoms with Gasteiger partial charge in [0, 0.05) is 23.9 Å². The Labute approximate surface area is 129 Å². The van der Waals surface area contributed by atoms with Gasteiger partial charge in [0.2, 0.25) is 0 Å². The summed E-state index contributed by atoms with van der Waals surface area (Å²) < 4.78 is 11.8. The van der Waals surface area contributed by atoms with Crippen molar-refractivity contribution in [3.63, 3.8) is 0 Å². The van der Waals surface area contributed by atoms with Gasteiger partial charge < -0.3 is 9.15 Å². The van der Waals surface area contributed by atoms with E-state index in [9.17, 15) is 0 Å². The molecule has 1 fully saturated rings. The maximum atomic E-state index is 5.91. The second-order valence-corrected chi connectivity index (χ2v) is 6.80. The van der Waals surface area contributed by atoms with Crippen molar-refractivity contribution in [2.75, 3.05) is 19.7 Å². The van der Waals surface area contributed by atoms with Gasteiger partial charge in [0.1, 0.15) is 11.9 Å². The maximum absolute atomic E-state index is 5.91. The highest BCUT2D eigenvalue weighted by Crippen LogP contribution is 2.27. The highest BCUT2D eigenvalue weighted by molar-refractivity contribution is 7.10. The third kappa shape index (κ3) is 3.36. The van der Waals surface area contributed by atoms with Gasteiger partial charge in [0.15, 0.2) is 5.89 Å². The molecule has 114 valence electrons. The monoisotopic (exact) mass is 306 g/mol. The van der Waals surface area contributed by atoms with E-state index in [1.54, 1.807) is 11.3 Å². The zero-order valence-electron chi connectivity index (χ0n) is 12.8. The molecule has 0 aliphatic carbocycles. The molecular weight excluding hydrogens is 284 g/mol. The van der Waals surface area contributed by atoms with Gasteiger partial charge in [-0.2, -0.15) is 0 Å². The lowest BCUT2D eigenvalue weighted by Gasteiger charge is -2.31. The van der Waals surface area contributed by atoms with Crippen molar-refractivity contribution in [2.24, 2.45) is 0 Å². The number of thiophene rings is 1. The molecule has 0 spiro atoms. The number of hydrogen-bond donors (Lipinski definition) is 0. The number of rotatable bonds is 4. The second kappa shape index (κ2) is 6.30. The fourth-order valence-electron chi connectivity index (χ4n) is 2.54. The first-order chi connectivity index (χ1) is 10.1. The summed E-state index contributed by atoms with van der Waals surface area (Å²) in [7, 11) is 0. The highest BCUT2D eigenvalue weighted by Gasteiger charge is 2.24. The van der Waals surface area contributed by atoms with E-state index in [1.807, 2.05) is 6.92 Å². The third-order valence-electron chi connectivity index (χ3n) is 3.78. The first-order valence-corrected chi connectivity index (χ1v) is 8.35. The summed E-state index contributed by atoms with van der Waals surface area (Å²) in [5, 5.41) is 2.10. The Morgan fingerprint density at radius 1 is 1.48 bits per heavy atom. The molecule has 2 aromatic rings. The number of morpholine rings is 1. The number of hydrogen-bond acceptors (Lipinski definition) is 5. The van der Waals surface area contributed by atoms with Crippen molar-refractivity contribution in [2.45, 2.75) is 39.3 Å². The van der Waals surface area contributed by atoms with Gasteiger partial charge in [-0.1, -0.05) is 19.9 Å². The Morgan fingerprint density at radius 3 is 3.00 bits per heavy atom. The molecule has 0 radical (unpaired) electrons. The topological polar surface area (TPSA) is 38.5 Å². The molecule has 3 heterocycles. The zero-order chi connectivity index (χ0) is 14.8. The molecular formula is C16H22N2O2S. The summed E-state index contributed by atoms with van der Waals surface area (Å²) in [6, 6.07) is 4.23. The van der Waals surface area contributed by atoms with Crippen molar-refractivity contribution in [3.8, 4) is 0 Å². The van der Waals surface area contributed by atoms with Crippen LogP contribution in [0.4, 0.5) is 0 Å². The van der Waals surface area contributed by atoms with Crippen LogP contribution in [0.15, 0.2) is 21.9 Å². The molecule has 4 nitrogen and oxygen atoms in total. The lowest BCUT2D eigenvalue weighted by atomic mass is 10.2. The van der Waals surface area contributed by atoms with Crippen molar-refractivity contribution in [1.82, 2.24) is 9.88 Å². The average Bonchev–Trinajstić information content (AvgIpc) is 3.10. The van der Waals surface area contributed by atoms with Gasteiger partial charge >= 0.3 is 0 Å². The van der Waals surface area contributed by atoms with Crippen LogP contribution >= 0.6 is 11.3 Å². The molecule has 5 heteroatoms. The summed E-state index contributed by atoms with van der Waals surface area (Å²) >= 11 is 1.76. The normalized spacial score (nSPS) is 20.3. The zero-order valence-corrected chi connectivity index (χ0v) is 13.7. The SMILES string of the molecule is Cc1nc(C(C)C)oc1CN1CCOC(c2cccs2)C1. The van der Waals surface area contributed by atoms with Crippen molar-refractivity contribution >= 4 is 11.3 Å². The van der Waals surface area contributed by atoms with Gasteiger partial charge in [0.25, 0.3) is 0 Å². The Hall–Kier alpha value is -1.17. The molecule has 0 aromatic carbocycles. The lowest BCUT2D eigenvalue weighted by Crippen LogP contribution is -2.37. The van der Waals surface area contributed by atoms with Crippen LogP contribution in [-0.4, -0.2) is 29.6 Å². The number of aryl methyl sites for hydroxylation is 1. The molecule has 3 rings (SSSR count). The smallest absolute Gasteiger partial charge is 0.197 e. The van der Waals surface area contributed by atoms with Gasteiger partial charge in [-0.15, -0.1) is 11.3 Å². The van der Waals surface area contributed by atoms with Gasteiger partial charge in [0.05, 0.1) is 18.8 Å². The molecule has 1 saturated heterocycles. The van der Waals surface area contributed by atoms with Crippen molar-refractivity contribution in [1.29, 1.82) is 0 Å². The Morgan fingerprint density at radius 2 is 2.33 bits per heavy atom. The maximum Gasteiger partial charge on any atom is 0.197 e. The Bertz CT molecular complexity index is 577. The van der Waals surface area contributed by atoms with E-state index in [0.29, 0.717) is 5.92 Å². The number of oxazole rings is 1. The van der Waals surface area contributed by atoms with Gasteiger partial charge in [-0.25, -0.2) is 4.98 Å². The predicted molar refractivity (Wildman–Crippen MR) is 83.6 cm³/mol. The van der Waals surface area contributed by atoms with E-state index in [4.69, 9.17) is 9.15 Å². The second-order valence-electron chi connectivity index (χ2n) is 5.83. The molecule has 2 aromatic heterocycles. The van der Waals surface area contributed by atoms with E-state index >= 15 is 0 Å². The van der Waals surface area contributed by atoms with E-state index < -0.39 is 0 Å². The lowest BCUT2D eigenvalue weighted by molar-refractivity contribution is -0.0330. The molecule has 1 atom stereocenters. The molecule has 1 aliphatic heterocycles. The highest BCUT2D eigenvalue weighted by atomic mass is 32.1. The molecule has 0 N–H and O–H groups in total. The standard InChI is InChI=1S/C16H22N2O2S/c1-11(2)16-17-12(3)13(20-16)9-18-6-7-19-14(10-18)15-5-4-8-21-15/h4-5,8,11,14H,6-7,9-10H2,1-3H3.